The van der Waals surface area contributed by atoms with E-state index in [0.29, 0.717) is 12.5 Å². The monoisotopic (exact) mass is 291 g/mol. The molecule has 18 heavy (non-hydrogen) atoms. The Hall–Kier alpha value is -0.650. The van der Waals surface area contributed by atoms with Crippen LogP contribution in [0.15, 0.2) is 5.38 Å². The van der Waals surface area contributed by atoms with E-state index in [-0.39, 0.29) is 18.3 Å². The van der Waals surface area contributed by atoms with E-state index >= 15 is 0 Å². The number of nitrogens with zero attached hydrogens (tertiary/aromatic N) is 1. The molecule has 0 aliphatic carbocycles. The quantitative estimate of drug-likeness (QED) is 0.846. The fourth-order valence-corrected chi connectivity index (χ4v) is 2.30. The smallest absolute Gasteiger partial charge is 0.237 e. The van der Waals surface area contributed by atoms with Crippen LogP contribution in [0.4, 0.5) is 0 Å². The molecule has 104 valence electrons. The van der Waals surface area contributed by atoms with E-state index in [9.17, 15) is 4.79 Å². The van der Waals surface area contributed by atoms with Gasteiger partial charge in [-0.15, -0.1) is 23.7 Å². The van der Waals surface area contributed by atoms with Crippen molar-refractivity contribution in [3.8, 4) is 0 Å². The molecule has 0 aliphatic heterocycles. The molecule has 0 bridgehead atoms. The average Bonchev–Trinajstić information content (AvgIpc) is 2.75. The van der Waals surface area contributed by atoms with Crippen LogP contribution >= 0.6 is 23.7 Å². The van der Waals surface area contributed by atoms with Crippen molar-refractivity contribution in [1.29, 1.82) is 0 Å². The summed E-state index contributed by atoms with van der Waals surface area (Å²) in [5.41, 5.74) is 6.80. The van der Waals surface area contributed by atoms with Crippen molar-refractivity contribution in [3.63, 3.8) is 0 Å². The Balaban J connectivity index is 0.00000289. The molecule has 0 spiro atoms. The lowest BCUT2D eigenvalue weighted by Gasteiger charge is -2.09. The van der Waals surface area contributed by atoms with Gasteiger partial charge >= 0.3 is 0 Å². The number of halogens is 1. The molecular weight excluding hydrogens is 270 g/mol. The Kier molecular flexibility index (Phi) is 8.15. The molecule has 4 nitrogen and oxygen atoms in total. The number of rotatable bonds is 6. The zero-order chi connectivity index (χ0) is 12.8. The van der Waals surface area contributed by atoms with Gasteiger partial charge in [-0.3, -0.25) is 4.79 Å². The highest BCUT2D eigenvalue weighted by atomic mass is 35.5. The number of thiazole rings is 1. The van der Waals surface area contributed by atoms with Crippen molar-refractivity contribution in [1.82, 2.24) is 10.3 Å². The Morgan fingerprint density at radius 1 is 1.56 bits per heavy atom. The second kappa shape index (κ2) is 8.45. The molecule has 1 unspecified atom stereocenters. The highest BCUT2D eigenvalue weighted by molar-refractivity contribution is 7.09. The van der Waals surface area contributed by atoms with Gasteiger partial charge in [-0.1, -0.05) is 27.2 Å². The van der Waals surface area contributed by atoms with E-state index in [1.165, 1.54) is 0 Å². The average molecular weight is 292 g/mol. The maximum absolute atomic E-state index is 11.6. The van der Waals surface area contributed by atoms with Gasteiger partial charge in [0.05, 0.1) is 18.3 Å². The number of hydrogen-bond donors (Lipinski definition) is 2. The Morgan fingerprint density at radius 2 is 2.22 bits per heavy atom. The number of nitrogens with two attached hydrogens (primary N) is 1. The Labute approximate surface area is 119 Å². The molecule has 0 radical (unpaired) electrons. The first-order valence-corrected chi connectivity index (χ1v) is 6.90. The number of amides is 1. The minimum Gasteiger partial charge on any atom is -0.348 e. The summed E-state index contributed by atoms with van der Waals surface area (Å²) in [5.74, 6) is 0.339. The lowest BCUT2D eigenvalue weighted by atomic mass is 10.2. The predicted octanol–water partition coefficient (Wildman–Crippen LogP) is 2.43. The van der Waals surface area contributed by atoms with Crippen LogP contribution in [0, 0.1) is 0 Å². The van der Waals surface area contributed by atoms with E-state index < -0.39 is 6.04 Å². The van der Waals surface area contributed by atoms with Gasteiger partial charge in [0.15, 0.2) is 0 Å². The molecule has 0 saturated heterocycles. The molecule has 1 rings (SSSR count). The summed E-state index contributed by atoms with van der Waals surface area (Å²) in [4.78, 5) is 16.0. The van der Waals surface area contributed by atoms with Gasteiger partial charge in [0.1, 0.15) is 5.01 Å². The molecule has 3 N–H and O–H groups in total. The van der Waals surface area contributed by atoms with E-state index in [1.807, 2.05) is 12.3 Å². The Morgan fingerprint density at radius 3 is 2.72 bits per heavy atom. The lowest BCUT2D eigenvalue weighted by Crippen LogP contribution is -2.40. The van der Waals surface area contributed by atoms with Crippen molar-refractivity contribution in [3.05, 3.63) is 16.1 Å². The summed E-state index contributed by atoms with van der Waals surface area (Å²) in [6, 6.07) is -0.399. The fourth-order valence-electron chi connectivity index (χ4n) is 1.41. The zero-order valence-electron chi connectivity index (χ0n) is 11.1. The maximum atomic E-state index is 11.6. The number of aromatic nitrogens is 1. The fraction of sp³-hybridized carbons (Fsp3) is 0.667. The molecule has 1 aromatic heterocycles. The van der Waals surface area contributed by atoms with Crippen LogP contribution in [-0.2, 0) is 11.3 Å². The summed E-state index contributed by atoms with van der Waals surface area (Å²) in [7, 11) is 0. The normalized spacial score (nSPS) is 12.1. The summed E-state index contributed by atoms with van der Waals surface area (Å²) >= 11 is 1.58. The molecule has 0 aliphatic rings. The molecule has 1 aromatic rings. The van der Waals surface area contributed by atoms with Crippen LogP contribution in [0.25, 0.3) is 0 Å². The van der Waals surface area contributed by atoms with Crippen molar-refractivity contribution >= 4 is 29.7 Å². The molecule has 1 heterocycles. The van der Waals surface area contributed by atoms with Gasteiger partial charge in [-0.25, -0.2) is 4.98 Å². The largest absolute Gasteiger partial charge is 0.348 e. The standard InChI is InChI=1S/C12H21N3OS.ClH/c1-4-5-9(13)12(16)14-6-11-15-10(7-17-11)8(2)3;/h7-9H,4-6,13H2,1-3H3,(H,14,16);1H. The van der Waals surface area contributed by atoms with Crippen molar-refractivity contribution in [2.75, 3.05) is 0 Å². The van der Waals surface area contributed by atoms with Crippen molar-refractivity contribution in [2.24, 2.45) is 5.73 Å². The first kappa shape index (κ1) is 17.4. The number of nitrogens with one attached hydrogen (secondary N) is 1. The van der Waals surface area contributed by atoms with Gasteiger partial charge in [0.2, 0.25) is 5.91 Å². The first-order valence-electron chi connectivity index (χ1n) is 6.02. The van der Waals surface area contributed by atoms with E-state index in [2.05, 4.69) is 24.1 Å². The molecule has 0 fully saturated rings. The highest BCUT2D eigenvalue weighted by Gasteiger charge is 2.12. The van der Waals surface area contributed by atoms with Gasteiger partial charge < -0.3 is 11.1 Å². The summed E-state index contributed by atoms with van der Waals surface area (Å²) in [5, 5.41) is 5.80. The molecule has 1 amide bonds. The van der Waals surface area contributed by atoms with Crippen molar-refractivity contribution < 1.29 is 4.79 Å². The third-order valence-electron chi connectivity index (χ3n) is 2.51. The van der Waals surface area contributed by atoms with E-state index in [4.69, 9.17) is 5.73 Å². The molecule has 0 saturated carbocycles. The topological polar surface area (TPSA) is 68.0 Å². The summed E-state index contributed by atoms with van der Waals surface area (Å²) in [6.45, 7) is 6.71. The van der Waals surface area contributed by atoms with E-state index in [0.717, 1.165) is 23.5 Å². The second-order valence-corrected chi connectivity index (χ2v) is 5.38. The van der Waals surface area contributed by atoms with E-state index in [1.54, 1.807) is 11.3 Å². The lowest BCUT2D eigenvalue weighted by molar-refractivity contribution is -0.122. The van der Waals surface area contributed by atoms with Crippen LogP contribution in [0.5, 0.6) is 0 Å². The molecule has 6 heteroatoms. The van der Waals surface area contributed by atoms with Gasteiger partial charge in [0, 0.05) is 5.38 Å². The van der Waals surface area contributed by atoms with Crippen LogP contribution in [0.1, 0.15) is 50.2 Å². The highest BCUT2D eigenvalue weighted by Crippen LogP contribution is 2.17. The van der Waals surface area contributed by atoms with Crippen LogP contribution in [0.2, 0.25) is 0 Å². The third-order valence-corrected chi connectivity index (χ3v) is 3.38. The minimum atomic E-state index is -0.399. The molecule has 1 atom stereocenters. The molecule has 0 aromatic carbocycles. The summed E-state index contributed by atoms with van der Waals surface area (Å²) < 4.78 is 0. The van der Waals surface area contributed by atoms with Gasteiger partial charge in [-0.2, -0.15) is 0 Å². The van der Waals surface area contributed by atoms with Crippen LogP contribution in [0.3, 0.4) is 0 Å². The predicted molar refractivity (Wildman–Crippen MR) is 78.2 cm³/mol. The van der Waals surface area contributed by atoms with Gasteiger partial charge in [-0.05, 0) is 12.3 Å². The van der Waals surface area contributed by atoms with Crippen LogP contribution in [-0.4, -0.2) is 16.9 Å². The third kappa shape index (κ3) is 5.33. The molecular formula is C12H22ClN3OS. The number of carbonyl (C=O) groups is 1. The van der Waals surface area contributed by atoms with Crippen LogP contribution < -0.4 is 11.1 Å². The summed E-state index contributed by atoms with van der Waals surface area (Å²) in [6.07, 6.45) is 1.64. The maximum Gasteiger partial charge on any atom is 0.237 e. The first-order chi connectivity index (χ1) is 8.04. The number of hydrogen-bond acceptors (Lipinski definition) is 4. The second-order valence-electron chi connectivity index (χ2n) is 4.43. The minimum absolute atomic E-state index is 0. The number of carbonyl (C=O) groups excluding carboxylic acids is 1. The SMILES string of the molecule is CCCC(N)C(=O)NCc1nc(C(C)C)cs1.Cl. The Bertz CT molecular complexity index is 368. The van der Waals surface area contributed by atoms with Crippen molar-refractivity contribution in [2.45, 2.75) is 52.1 Å². The zero-order valence-corrected chi connectivity index (χ0v) is 12.7. The van der Waals surface area contributed by atoms with Gasteiger partial charge in [0.25, 0.3) is 0 Å².